The van der Waals surface area contributed by atoms with E-state index in [0.29, 0.717) is 5.75 Å². The molecular weight excluding hydrogens is 230 g/mol. The van der Waals surface area contributed by atoms with E-state index in [0.717, 1.165) is 10.9 Å². The molecule has 4 nitrogen and oxygen atoms in total. The van der Waals surface area contributed by atoms with E-state index < -0.39 is 5.97 Å². The van der Waals surface area contributed by atoms with Crippen LogP contribution in [0.1, 0.15) is 24.3 Å². The molecule has 94 valence electrons. The number of pyridine rings is 1. The van der Waals surface area contributed by atoms with E-state index in [1.807, 2.05) is 38.1 Å². The van der Waals surface area contributed by atoms with Crippen LogP contribution in [0.3, 0.4) is 0 Å². The second-order valence-corrected chi connectivity index (χ2v) is 4.18. The summed E-state index contributed by atoms with van der Waals surface area (Å²) in [6.45, 7) is 3.88. The highest BCUT2D eigenvalue weighted by Crippen LogP contribution is 2.26. The summed E-state index contributed by atoms with van der Waals surface area (Å²) in [6, 6.07) is 9.16. The van der Waals surface area contributed by atoms with Gasteiger partial charge in [-0.2, -0.15) is 0 Å². The fourth-order valence-electron chi connectivity index (χ4n) is 1.70. The Balaban J connectivity index is 2.60. The minimum absolute atomic E-state index is 0.0290. The Kier molecular flexibility index (Phi) is 3.46. The minimum atomic E-state index is -0.464. The van der Waals surface area contributed by atoms with E-state index in [4.69, 9.17) is 4.74 Å². The number of hydrogen-bond acceptors (Lipinski definition) is 4. The van der Waals surface area contributed by atoms with Gasteiger partial charge in [-0.25, -0.2) is 9.78 Å². The van der Waals surface area contributed by atoms with E-state index in [1.165, 1.54) is 7.11 Å². The fourth-order valence-corrected chi connectivity index (χ4v) is 1.70. The Morgan fingerprint density at radius 2 is 2.00 bits per heavy atom. The van der Waals surface area contributed by atoms with Gasteiger partial charge in [-0.1, -0.05) is 12.1 Å². The number of esters is 1. The number of hydrogen-bond donors (Lipinski definition) is 0. The average Bonchev–Trinajstić information content (AvgIpc) is 2.37. The first-order valence-corrected chi connectivity index (χ1v) is 5.76. The molecule has 0 aliphatic heterocycles. The number of methoxy groups -OCH3 is 1. The number of nitrogens with zero attached hydrogens (tertiary/aromatic N) is 1. The van der Waals surface area contributed by atoms with E-state index in [2.05, 4.69) is 9.72 Å². The molecule has 0 radical (unpaired) electrons. The van der Waals surface area contributed by atoms with Crippen molar-refractivity contribution in [1.29, 1.82) is 0 Å². The van der Waals surface area contributed by atoms with Crippen molar-refractivity contribution in [2.75, 3.05) is 7.11 Å². The van der Waals surface area contributed by atoms with Crippen LogP contribution in [-0.4, -0.2) is 24.2 Å². The summed E-state index contributed by atoms with van der Waals surface area (Å²) in [5.41, 5.74) is 0.975. The van der Waals surface area contributed by atoms with E-state index >= 15 is 0 Å². The summed E-state index contributed by atoms with van der Waals surface area (Å²) < 4.78 is 10.4. The van der Waals surface area contributed by atoms with Gasteiger partial charge in [0.1, 0.15) is 5.75 Å². The molecule has 0 aliphatic carbocycles. The smallest absolute Gasteiger partial charge is 0.356 e. The third kappa shape index (κ3) is 2.42. The second-order valence-electron chi connectivity index (χ2n) is 4.18. The molecule has 0 spiro atoms. The monoisotopic (exact) mass is 245 g/mol. The zero-order chi connectivity index (χ0) is 13.1. The van der Waals surface area contributed by atoms with Crippen molar-refractivity contribution in [2.24, 2.45) is 0 Å². The van der Waals surface area contributed by atoms with Crippen LogP contribution in [0, 0.1) is 0 Å². The molecule has 0 aliphatic rings. The van der Waals surface area contributed by atoms with E-state index in [1.54, 1.807) is 6.07 Å². The fraction of sp³-hybridized carbons (Fsp3) is 0.286. The molecule has 2 aromatic rings. The van der Waals surface area contributed by atoms with Crippen molar-refractivity contribution in [2.45, 2.75) is 20.0 Å². The molecule has 1 aromatic heterocycles. The molecule has 18 heavy (non-hydrogen) atoms. The molecule has 4 heteroatoms. The van der Waals surface area contributed by atoms with Crippen molar-refractivity contribution in [3.8, 4) is 5.75 Å². The average molecular weight is 245 g/mol. The third-order valence-corrected chi connectivity index (χ3v) is 2.44. The first kappa shape index (κ1) is 12.4. The van der Waals surface area contributed by atoms with Gasteiger partial charge in [0, 0.05) is 11.5 Å². The summed E-state index contributed by atoms with van der Waals surface area (Å²) in [7, 11) is 1.34. The van der Waals surface area contributed by atoms with Gasteiger partial charge < -0.3 is 9.47 Å². The van der Waals surface area contributed by atoms with Gasteiger partial charge in [-0.05, 0) is 26.0 Å². The van der Waals surface area contributed by atoms with Crippen molar-refractivity contribution >= 4 is 16.9 Å². The zero-order valence-electron chi connectivity index (χ0n) is 10.6. The summed E-state index contributed by atoms with van der Waals surface area (Å²) in [6.07, 6.45) is 0.0290. The largest absolute Gasteiger partial charge is 0.490 e. The molecule has 0 fully saturated rings. The summed E-state index contributed by atoms with van der Waals surface area (Å²) in [4.78, 5) is 15.8. The second kappa shape index (κ2) is 5.04. The highest BCUT2D eigenvalue weighted by molar-refractivity contribution is 5.93. The number of carbonyl (C=O) groups is 1. The molecule has 2 rings (SSSR count). The van der Waals surface area contributed by atoms with Crippen molar-refractivity contribution < 1.29 is 14.3 Å². The minimum Gasteiger partial charge on any atom is -0.490 e. The number of ether oxygens (including phenoxy) is 2. The Morgan fingerprint density at radius 1 is 1.28 bits per heavy atom. The maximum atomic E-state index is 11.6. The van der Waals surface area contributed by atoms with Gasteiger partial charge in [-0.3, -0.25) is 0 Å². The molecule has 1 heterocycles. The molecule has 0 amide bonds. The maximum absolute atomic E-state index is 11.6. The van der Waals surface area contributed by atoms with Crippen LogP contribution in [0.4, 0.5) is 0 Å². The van der Waals surface area contributed by atoms with Crippen LogP contribution < -0.4 is 4.74 Å². The van der Waals surface area contributed by atoms with E-state index in [9.17, 15) is 4.79 Å². The van der Waals surface area contributed by atoms with Crippen LogP contribution in [0.2, 0.25) is 0 Å². The summed E-state index contributed by atoms with van der Waals surface area (Å²) >= 11 is 0. The SMILES string of the molecule is COC(=O)c1cc(OC(C)C)c2ccccc2n1. The van der Waals surface area contributed by atoms with Crippen molar-refractivity contribution in [3.05, 3.63) is 36.0 Å². The van der Waals surface area contributed by atoms with Crippen molar-refractivity contribution in [3.63, 3.8) is 0 Å². The Morgan fingerprint density at radius 3 is 2.67 bits per heavy atom. The van der Waals surface area contributed by atoms with Crippen molar-refractivity contribution in [1.82, 2.24) is 4.98 Å². The molecule has 0 bridgehead atoms. The van der Waals surface area contributed by atoms with Gasteiger partial charge in [0.2, 0.25) is 0 Å². The van der Waals surface area contributed by atoms with E-state index in [-0.39, 0.29) is 11.8 Å². The Bertz CT molecular complexity index is 578. The molecule has 1 aromatic carbocycles. The molecule has 0 N–H and O–H groups in total. The Labute approximate surface area is 106 Å². The molecule has 0 saturated heterocycles. The van der Waals surface area contributed by atoms with Crippen LogP contribution >= 0.6 is 0 Å². The topological polar surface area (TPSA) is 48.4 Å². The summed E-state index contributed by atoms with van der Waals surface area (Å²) in [5, 5.41) is 0.888. The standard InChI is InChI=1S/C14H15NO3/c1-9(2)18-13-8-12(14(16)17-3)15-11-7-5-4-6-10(11)13/h4-9H,1-3H3. The van der Waals surface area contributed by atoms with Gasteiger partial charge >= 0.3 is 5.97 Å². The van der Waals surface area contributed by atoms with Crippen LogP contribution in [-0.2, 0) is 4.74 Å². The Hall–Kier alpha value is -2.10. The van der Waals surface area contributed by atoms with Gasteiger partial charge in [-0.15, -0.1) is 0 Å². The predicted octanol–water partition coefficient (Wildman–Crippen LogP) is 2.81. The first-order chi connectivity index (χ1) is 8.61. The van der Waals surface area contributed by atoms with Gasteiger partial charge in [0.05, 0.1) is 18.7 Å². The molecule has 0 unspecified atom stereocenters. The molecule has 0 saturated carbocycles. The number of aromatic nitrogens is 1. The number of para-hydroxylation sites is 1. The molecular formula is C14H15NO3. The highest BCUT2D eigenvalue weighted by atomic mass is 16.5. The predicted molar refractivity (Wildman–Crippen MR) is 68.8 cm³/mol. The normalized spacial score (nSPS) is 10.7. The summed E-state index contributed by atoms with van der Waals surface area (Å²) in [5.74, 6) is 0.186. The molecule has 0 atom stereocenters. The quantitative estimate of drug-likeness (QED) is 0.780. The number of rotatable bonds is 3. The van der Waals surface area contributed by atoms with Gasteiger partial charge in [0.15, 0.2) is 5.69 Å². The zero-order valence-corrected chi connectivity index (χ0v) is 10.6. The maximum Gasteiger partial charge on any atom is 0.356 e. The third-order valence-electron chi connectivity index (χ3n) is 2.44. The number of benzene rings is 1. The van der Waals surface area contributed by atoms with Gasteiger partial charge in [0.25, 0.3) is 0 Å². The first-order valence-electron chi connectivity index (χ1n) is 5.76. The number of fused-ring (bicyclic) bond motifs is 1. The lowest BCUT2D eigenvalue weighted by Crippen LogP contribution is -2.09. The van der Waals surface area contributed by atoms with Crippen LogP contribution in [0.25, 0.3) is 10.9 Å². The number of carbonyl (C=O) groups excluding carboxylic acids is 1. The lowest BCUT2D eigenvalue weighted by Gasteiger charge is -2.13. The highest BCUT2D eigenvalue weighted by Gasteiger charge is 2.13. The van der Waals surface area contributed by atoms with Crippen LogP contribution in [0.5, 0.6) is 5.75 Å². The lowest BCUT2D eigenvalue weighted by atomic mass is 10.2. The van der Waals surface area contributed by atoms with Crippen LogP contribution in [0.15, 0.2) is 30.3 Å². The lowest BCUT2D eigenvalue weighted by molar-refractivity contribution is 0.0593.